The average Bonchev–Trinajstić information content (AvgIpc) is 2.21. The first-order valence-electron chi connectivity index (χ1n) is 6.16. The van der Waals surface area contributed by atoms with E-state index in [2.05, 4.69) is 18.7 Å². The predicted molar refractivity (Wildman–Crippen MR) is 60.4 cm³/mol. The van der Waals surface area contributed by atoms with Crippen LogP contribution in [0.3, 0.4) is 0 Å². The monoisotopic (exact) mass is 199 g/mol. The Bertz CT molecular complexity index is 141. The molecule has 0 amide bonds. The molecule has 0 aliphatic carbocycles. The van der Waals surface area contributed by atoms with Gasteiger partial charge in [-0.2, -0.15) is 0 Å². The number of aliphatic hydroxyl groups excluding tert-OH is 1. The summed E-state index contributed by atoms with van der Waals surface area (Å²) in [5.41, 5.74) is 0. The number of rotatable bonds is 5. The van der Waals surface area contributed by atoms with E-state index in [4.69, 9.17) is 0 Å². The molecule has 0 aromatic heterocycles. The molecule has 1 heterocycles. The zero-order chi connectivity index (χ0) is 10.4. The van der Waals surface area contributed by atoms with Crippen LogP contribution in [-0.2, 0) is 0 Å². The largest absolute Gasteiger partial charge is 0.392 e. The summed E-state index contributed by atoms with van der Waals surface area (Å²) < 4.78 is 0. The van der Waals surface area contributed by atoms with E-state index < -0.39 is 0 Å². The third kappa shape index (κ3) is 3.97. The van der Waals surface area contributed by atoms with Gasteiger partial charge in [-0.25, -0.2) is 0 Å². The predicted octanol–water partition coefficient (Wildman–Crippen LogP) is 2.27. The van der Waals surface area contributed by atoms with Crippen LogP contribution in [0.1, 0.15) is 46.0 Å². The Labute approximate surface area is 88.3 Å². The second kappa shape index (κ2) is 6.41. The van der Waals surface area contributed by atoms with Crippen LogP contribution >= 0.6 is 0 Å². The minimum Gasteiger partial charge on any atom is -0.392 e. The van der Waals surface area contributed by atoms with E-state index in [-0.39, 0.29) is 6.10 Å². The fourth-order valence-electron chi connectivity index (χ4n) is 2.29. The number of aliphatic hydroxyl groups is 1. The fraction of sp³-hybridized carbons (Fsp3) is 1.00. The van der Waals surface area contributed by atoms with Crippen LogP contribution in [0.4, 0.5) is 0 Å². The van der Waals surface area contributed by atoms with Crippen molar-refractivity contribution in [3.63, 3.8) is 0 Å². The van der Waals surface area contributed by atoms with Crippen LogP contribution in [0.15, 0.2) is 0 Å². The molecule has 2 heteroatoms. The van der Waals surface area contributed by atoms with Gasteiger partial charge in [0, 0.05) is 6.54 Å². The van der Waals surface area contributed by atoms with Crippen molar-refractivity contribution in [1.29, 1.82) is 0 Å². The van der Waals surface area contributed by atoms with Gasteiger partial charge in [-0.1, -0.05) is 26.7 Å². The average molecular weight is 199 g/mol. The number of hydrogen-bond acceptors (Lipinski definition) is 2. The molecule has 0 saturated carbocycles. The van der Waals surface area contributed by atoms with Gasteiger partial charge in [0.2, 0.25) is 0 Å². The Hall–Kier alpha value is -0.0800. The molecule has 0 bridgehead atoms. The van der Waals surface area contributed by atoms with Gasteiger partial charge in [0.1, 0.15) is 0 Å². The van der Waals surface area contributed by atoms with E-state index in [1.807, 2.05) is 0 Å². The molecule has 1 aliphatic rings. The van der Waals surface area contributed by atoms with E-state index in [0.29, 0.717) is 0 Å². The highest BCUT2D eigenvalue weighted by molar-refractivity contribution is 4.73. The van der Waals surface area contributed by atoms with Gasteiger partial charge < -0.3 is 10.0 Å². The maximum atomic E-state index is 9.54. The van der Waals surface area contributed by atoms with Crippen LogP contribution in [0, 0.1) is 5.92 Å². The summed E-state index contributed by atoms with van der Waals surface area (Å²) in [5.74, 6) is 0.954. The maximum absolute atomic E-state index is 9.54. The number of β-amino-alcohol motifs (C(OH)–C–C–N with tert-alkyl or cyclic N) is 1. The highest BCUT2D eigenvalue weighted by atomic mass is 16.3. The molecule has 2 nitrogen and oxygen atoms in total. The minimum absolute atomic E-state index is 0.113. The Balaban J connectivity index is 2.15. The Morgan fingerprint density at radius 3 is 2.43 bits per heavy atom. The number of likely N-dealkylation sites (tertiary alicyclic amines) is 1. The Morgan fingerprint density at radius 1 is 1.29 bits per heavy atom. The second-order valence-corrected chi connectivity index (χ2v) is 4.59. The summed E-state index contributed by atoms with van der Waals surface area (Å²) in [6, 6.07) is 0. The molecule has 0 aromatic rings. The zero-order valence-electron chi connectivity index (χ0n) is 9.71. The van der Waals surface area contributed by atoms with Gasteiger partial charge in [-0.3, -0.25) is 0 Å². The standard InChI is InChI=1S/C12H25NO/c1-3-5-11-6-8-13(9-7-11)10-12(14)4-2/h11-12,14H,3-10H2,1-2H3. The first kappa shape index (κ1) is 12.0. The van der Waals surface area contributed by atoms with Crippen molar-refractivity contribution >= 4 is 0 Å². The lowest BCUT2D eigenvalue weighted by Crippen LogP contribution is -2.38. The highest BCUT2D eigenvalue weighted by Crippen LogP contribution is 2.21. The Kier molecular flexibility index (Phi) is 5.49. The van der Waals surface area contributed by atoms with Crippen molar-refractivity contribution < 1.29 is 5.11 Å². The molecule has 14 heavy (non-hydrogen) atoms. The van der Waals surface area contributed by atoms with Gasteiger partial charge in [-0.15, -0.1) is 0 Å². The molecule has 1 saturated heterocycles. The van der Waals surface area contributed by atoms with Gasteiger partial charge in [0.25, 0.3) is 0 Å². The van der Waals surface area contributed by atoms with Crippen LogP contribution in [0.25, 0.3) is 0 Å². The summed E-state index contributed by atoms with van der Waals surface area (Å²) in [5, 5.41) is 9.54. The topological polar surface area (TPSA) is 23.5 Å². The molecule has 1 atom stereocenters. The number of hydrogen-bond donors (Lipinski definition) is 1. The van der Waals surface area contributed by atoms with Gasteiger partial charge in [0.15, 0.2) is 0 Å². The second-order valence-electron chi connectivity index (χ2n) is 4.59. The van der Waals surface area contributed by atoms with Crippen molar-refractivity contribution in [1.82, 2.24) is 4.90 Å². The highest BCUT2D eigenvalue weighted by Gasteiger charge is 2.19. The summed E-state index contributed by atoms with van der Waals surface area (Å²) >= 11 is 0. The molecular formula is C12H25NO. The molecule has 1 unspecified atom stereocenters. The molecule has 1 fully saturated rings. The normalized spacial score (nSPS) is 22.5. The lowest BCUT2D eigenvalue weighted by molar-refractivity contribution is 0.0856. The zero-order valence-corrected chi connectivity index (χ0v) is 9.71. The maximum Gasteiger partial charge on any atom is 0.0664 e. The van der Waals surface area contributed by atoms with Gasteiger partial charge in [0.05, 0.1) is 6.10 Å². The van der Waals surface area contributed by atoms with Crippen molar-refractivity contribution in [2.24, 2.45) is 5.92 Å². The van der Waals surface area contributed by atoms with Crippen LogP contribution < -0.4 is 0 Å². The molecule has 0 aromatic carbocycles. The van der Waals surface area contributed by atoms with Crippen molar-refractivity contribution in [3.05, 3.63) is 0 Å². The minimum atomic E-state index is -0.113. The molecule has 1 rings (SSSR count). The van der Waals surface area contributed by atoms with Crippen LogP contribution in [0.2, 0.25) is 0 Å². The lowest BCUT2D eigenvalue weighted by atomic mass is 9.92. The number of piperidine rings is 1. The van der Waals surface area contributed by atoms with E-state index in [9.17, 15) is 5.11 Å². The third-order valence-corrected chi connectivity index (χ3v) is 3.34. The van der Waals surface area contributed by atoms with E-state index in [0.717, 1.165) is 18.9 Å². The van der Waals surface area contributed by atoms with Crippen LogP contribution in [0.5, 0.6) is 0 Å². The van der Waals surface area contributed by atoms with Crippen molar-refractivity contribution in [2.75, 3.05) is 19.6 Å². The molecule has 1 aliphatic heterocycles. The molecule has 0 radical (unpaired) electrons. The summed E-state index contributed by atoms with van der Waals surface area (Å²) in [7, 11) is 0. The van der Waals surface area contributed by atoms with E-state index in [1.165, 1.54) is 38.8 Å². The lowest BCUT2D eigenvalue weighted by Gasteiger charge is -2.32. The third-order valence-electron chi connectivity index (χ3n) is 3.34. The summed E-state index contributed by atoms with van der Waals surface area (Å²) in [6.45, 7) is 7.60. The smallest absolute Gasteiger partial charge is 0.0664 e. The number of nitrogens with zero attached hydrogens (tertiary/aromatic N) is 1. The van der Waals surface area contributed by atoms with Gasteiger partial charge in [-0.05, 0) is 38.3 Å². The van der Waals surface area contributed by atoms with Crippen molar-refractivity contribution in [2.45, 2.75) is 52.1 Å². The summed E-state index contributed by atoms with van der Waals surface area (Å²) in [6.07, 6.45) is 6.16. The van der Waals surface area contributed by atoms with Gasteiger partial charge >= 0.3 is 0 Å². The first-order chi connectivity index (χ1) is 6.76. The Morgan fingerprint density at radius 2 is 1.93 bits per heavy atom. The summed E-state index contributed by atoms with van der Waals surface area (Å²) in [4.78, 5) is 2.42. The quantitative estimate of drug-likeness (QED) is 0.734. The van der Waals surface area contributed by atoms with Crippen molar-refractivity contribution in [3.8, 4) is 0 Å². The van der Waals surface area contributed by atoms with E-state index >= 15 is 0 Å². The van der Waals surface area contributed by atoms with E-state index in [1.54, 1.807) is 0 Å². The fourth-order valence-corrected chi connectivity index (χ4v) is 2.29. The first-order valence-corrected chi connectivity index (χ1v) is 6.16. The molecule has 0 spiro atoms. The molecule has 1 N–H and O–H groups in total. The molecular weight excluding hydrogens is 174 g/mol. The van der Waals surface area contributed by atoms with Crippen LogP contribution in [-0.4, -0.2) is 35.7 Å². The molecule has 84 valence electrons. The SMILES string of the molecule is CCCC1CCN(CC(O)CC)CC1.